The van der Waals surface area contributed by atoms with Gasteiger partial charge in [-0.3, -0.25) is 4.21 Å². The van der Waals surface area contributed by atoms with E-state index in [2.05, 4.69) is 0 Å². The zero-order valence-electron chi connectivity index (χ0n) is 6.25. The molecule has 10 heavy (non-hydrogen) atoms. The molecule has 0 aromatic carbocycles. The second kappa shape index (κ2) is 4.18. The van der Waals surface area contributed by atoms with Crippen molar-refractivity contribution in [1.82, 2.24) is 0 Å². The molecular formula is C5H9NaO3S. The van der Waals surface area contributed by atoms with Gasteiger partial charge in [-0.2, -0.15) is 0 Å². The SMILES string of the molecule is CC1(CS(=O)[O-])COC1.[Na+]. The van der Waals surface area contributed by atoms with Crippen molar-refractivity contribution in [3.8, 4) is 0 Å². The monoisotopic (exact) mass is 172 g/mol. The topological polar surface area (TPSA) is 49.4 Å². The van der Waals surface area contributed by atoms with Crippen molar-refractivity contribution in [3.63, 3.8) is 0 Å². The zero-order valence-corrected chi connectivity index (χ0v) is 9.07. The van der Waals surface area contributed by atoms with E-state index in [9.17, 15) is 8.76 Å². The van der Waals surface area contributed by atoms with Crippen molar-refractivity contribution in [3.05, 3.63) is 0 Å². The van der Waals surface area contributed by atoms with Crippen LogP contribution < -0.4 is 29.6 Å². The van der Waals surface area contributed by atoms with Crippen LogP contribution >= 0.6 is 0 Å². The molecule has 0 saturated carbocycles. The molecule has 1 rings (SSSR count). The van der Waals surface area contributed by atoms with Crippen LogP contribution in [-0.2, 0) is 15.8 Å². The molecule has 5 heteroatoms. The van der Waals surface area contributed by atoms with Crippen molar-refractivity contribution < 1.29 is 43.1 Å². The fourth-order valence-electron chi connectivity index (χ4n) is 0.818. The molecule has 0 spiro atoms. The minimum atomic E-state index is -1.91. The second-order valence-electron chi connectivity index (χ2n) is 2.75. The van der Waals surface area contributed by atoms with Gasteiger partial charge in [-0.15, -0.1) is 0 Å². The molecule has 1 aliphatic rings. The number of ether oxygens (including phenoxy) is 1. The van der Waals surface area contributed by atoms with Crippen LogP contribution in [-0.4, -0.2) is 27.7 Å². The fraction of sp³-hybridized carbons (Fsp3) is 1.00. The largest absolute Gasteiger partial charge is 1.00 e. The van der Waals surface area contributed by atoms with Crippen LogP contribution in [0.1, 0.15) is 6.92 Å². The molecule has 1 saturated heterocycles. The summed E-state index contributed by atoms with van der Waals surface area (Å²) in [6.07, 6.45) is 0. The Labute approximate surface area is 85.1 Å². The normalized spacial score (nSPS) is 24.2. The molecular weight excluding hydrogens is 163 g/mol. The fourth-order valence-corrected chi connectivity index (χ4v) is 1.55. The molecule has 0 aliphatic carbocycles. The van der Waals surface area contributed by atoms with Crippen LogP contribution in [0.2, 0.25) is 0 Å². The molecule has 1 aliphatic heterocycles. The van der Waals surface area contributed by atoms with Gasteiger partial charge in [0.1, 0.15) is 0 Å². The van der Waals surface area contributed by atoms with E-state index in [-0.39, 0.29) is 40.7 Å². The van der Waals surface area contributed by atoms with E-state index >= 15 is 0 Å². The van der Waals surface area contributed by atoms with Gasteiger partial charge in [-0.25, -0.2) is 0 Å². The third-order valence-electron chi connectivity index (χ3n) is 1.37. The molecule has 0 aromatic rings. The van der Waals surface area contributed by atoms with Gasteiger partial charge in [0.05, 0.1) is 13.2 Å². The quantitative estimate of drug-likeness (QED) is 0.327. The Balaban J connectivity index is 0.000000810. The van der Waals surface area contributed by atoms with E-state index in [0.717, 1.165) is 0 Å². The first-order chi connectivity index (χ1) is 4.12. The van der Waals surface area contributed by atoms with Gasteiger partial charge in [0, 0.05) is 11.2 Å². The van der Waals surface area contributed by atoms with Crippen LogP contribution in [0.4, 0.5) is 0 Å². The maximum absolute atomic E-state index is 10.2. The summed E-state index contributed by atoms with van der Waals surface area (Å²) >= 11 is -1.91. The second-order valence-corrected chi connectivity index (χ2v) is 3.65. The van der Waals surface area contributed by atoms with Gasteiger partial charge < -0.3 is 9.29 Å². The number of hydrogen-bond acceptors (Lipinski definition) is 3. The Morgan fingerprint density at radius 2 is 2.20 bits per heavy atom. The van der Waals surface area contributed by atoms with E-state index in [1.54, 1.807) is 0 Å². The Morgan fingerprint density at radius 1 is 1.70 bits per heavy atom. The van der Waals surface area contributed by atoms with Crippen molar-refractivity contribution in [2.24, 2.45) is 5.41 Å². The molecule has 0 bridgehead atoms. The molecule has 0 N–H and O–H groups in total. The zero-order chi connectivity index (χ0) is 6.91. The predicted molar refractivity (Wildman–Crippen MR) is 32.7 cm³/mol. The third kappa shape index (κ3) is 2.98. The van der Waals surface area contributed by atoms with Crippen molar-refractivity contribution in [2.75, 3.05) is 19.0 Å². The predicted octanol–water partition coefficient (Wildman–Crippen LogP) is -3.09. The summed E-state index contributed by atoms with van der Waals surface area (Å²) in [6.45, 7) is 3.08. The van der Waals surface area contributed by atoms with Gasteiger partial charge in [-0.1, -0.05) is 18.0 Å². The Bertz CT molecular complexity index is 135. The number of hydrogen-bond donors (Lipinski definition) is 0. The summed E-state index contributed by atoms with van der Waals surface area (Å²) in [5, 5.41) is 0. The molecule has 54 valence electrons. The summed E-state index contributed by atoms with van der Waals surface area (Å²) in [5.41, 5.74) is -0.0907. The van der Waals surface area contributed by atoms with E-state index in [1.807, 2.05) is 6.92 Å². The van der Waals surface area contributed by atoms with Crippen molar-refractivity contribution in [1.29, 1.82) is 0 Å². The third-order valence-corrected chi connectivity index (χ3v) is 2.30. The van der Waals surface area contributed by atoms with E-state index in [4.69, 9.17) is 4.74 Å². The van der Waals surface area contributed by atoms with Gasteiger partial charge in [0.15, 0.2) is 0 Å². The van der Waals surface area contributed by atoms with Gasteiger partial charge in [0.2, 0.25) is 0 Å². The van der Waals surface area contributed by atoms with E-state index in [0.29, 0.717) is 13.2 Å². The van der Waals surface area contributed by atoms with Gasteiger partial charge in [-0.05, 0) is 0 Å². The molecule has 1 unspecified atom stereocenters. The van der Waals surface area contributed by atoms with Crippen LogP contribution in [0.3, 0.4) is 0 Å². The molecule has 0 aromatic heterocycles. The van der Waals surface area contributed by atoms with Crippen LogP contribution in [0.5, 0.6) is 0 Å². The summed E-state index contributed by atoms with van der Waals surface area (Å²) in [7, 11) is 0. The van der Waals surface area contributed by atoms with Crippen molar-refractivity contribution in [2.45, 2.75) is 6.92 Å². The average Bonchev–Trinajstić information content (AvgIpc) is 1.60. The molecule has 0 amide bonds. The molecule has 1 heterocycles. The first kappa shape index (κ1) is 11.1. The summed E-state index contributed by atoms with van der Waals surface area (Å²) < 4.78 is 25.2. The Kier molecular flexibility index (Phi) is 4.63. The molecule has 1 fully saturated rings. The van der Waals surface area contributed by atoms with E-state index in [1.165, 1.54) is 0 Å². The maximum atomic E-state index is 10.2. The molecule has 3 nitrogen and oxygen atoms in total. The summed E-state index contributed by atoms with van der Waals surface area (Å²) in [4.78, 5) is 0. The minimum absolute atomic E-state index is 0. The summed E-state index contributed by atoms with van der Waals surface area (Å²) in [6, 6.07) is 0. The Morgan fingerprint density at radius 3 is 2.30 bits per heavy atom. The standard InChI is InChI=1S/C5H10O3S.Na/c1-5(2-8-3-5)4-9(6)7;/h2-4H2,1H3,(H,6,7);/q;+1/p-1. The summed E-state index contributed by atoms with van der Waals surface area (Å²) in [5.74, 6) is 0.229. The van der Waals surface area contributed by atoms with Crippen molar-refractivity contribution >= 4 is 11.1 Å². The smallest absolute Gasteiger partial charge is 0.772 e. The average molecular weight is 172 g/mol. The number of rotatable bonds is 2. The Hall–Kier alpha value is 1.07. The first-order valence-electron chi connectivity index (χ1n) is 2.76. The maximum Gasteiger partial charge on any atom is 1.00 e. The first-order valence-corrected chi connectivity index (χ1v) is 4.00. The van der Waals surface area contributed by atoms with E-state index < -0.39 is 11.1 Å². The van der Waals surface area contributed by atoms with Crippen LogP contribution in [0.25, 0.3) is 0 Å². The minimum Gasteiger partial charge on any atom is -0.772 e. The van der Waals surface area contributed by atoms with Crippen LogP contribution in [0, 0.1) is 5.41 Å². The van der Waals surface area contributed by atoms with Crippen LogP contribution in [0.15, 0.2) is 0 Å². The van der Waals surface area contributed by atoms with Gasteiger partial charge in [0.25, 0.3) is 0 Å². The van der Waals surface area contributed by atoms with Gasteiger partial charge >= 0.3 is 29.6 Å². The molecule has 1 atom stereocenters. The molecule has 0 radical (unpaired) electrons.